The van der Waals surface area contributed by atoms with E-state index >= 15 is 0 Å². The summed E-state index contributed by atoms with van der Waals surface area (Å²) in [7, 11) is 0. The lowest BCUT2D eigenvalue weighted by atomic mass is 9.96. The summed E-state index contributed by atoms with van der Waals surface area (Å²) in [5, 5.41) is 0.0355. The minimum Gasteiger partial charge on any atom is -0.339 e. The first-order chi connectivity index (χ1) is 8.61. The zero-order chi connectivity index (χ0) is 13.1. The van der Waals surface area contributed by atoms with Crippen LogP contribution < -0.4 is 5.73 Å². The third kappa shape index (κ3) is 3.81. The van der Waals surface area contributed by atoms with Crippen LogP contribution in [0, 0.1) is 11.7 Å². The highest BCUT2D eigenvalue weighted by Gasteiger charge is 2.23. The maximum absolute atomic E-state index is 13.3. The molecule has 1 aromatic rings. The number of piperidine rings is 1. The van der Waals surface area contributed by atoms with Gasteiger partial charge in [-0.1, -0.05) is 11.6 Å². The largest absolute Gasteiger partial charge is 0.339 e. The van der Waals surface area contributed by atoms with Gasteiger partial charge in [-0.15, -0.1) is 12.4 Å². The van der Waals surface area contributed by atoms with Crippen molar-refractivity contribution in [3.63, 3.8) is 0 Å². The Morgan fingerprint density at radius 1 is 1.42 bits per heavy atom. The summed E-state index contributed by atoms with van der Waals surface area (Å²) >= 11 is 5.60. The van der Waals surface area contributed by atoms with Gasteiger partial charge >= 0.3 is 0 Å². The molecule has 19 heavy (non-hydrogen) atoms. The van der Waals surface area contributed by atoms with Crippen molar-refractivity contribution in [2.45, 2.75) is 12.8 Å². The Labute approximate surface area is 123 Å². The third-order valence-corrected chi connectivity index (χ3v) is 3.71. The van der Waals surface area contributed by atoms with E-state index in [-0.39, 0.29) is 23.3 Å². The molecule has 106 valence electrons. The van der Waals surface area contributed by atoms with Crippen molar-refractivity contribution in [1.82, 2.24) is 4.90 Å². The van der Waals surface area contributed by atoms with E-state index < -0.39 is 5.82 Å². The molecule has 1 saturated heterocycles. The van der Waals surface area contributed by atoms with Gasteiger partial charge < -0.3 is 10.6 Å². The molecule has 6 heteroatoms. The second kappa shape index (κ2) is 7.08. The molecule has 0 atom stereocenters. The second-order valence-corrected chi connectivity index (χ2v) is 5.01. The van der Waals surface area contributed by atoms with E-state index in [2.05, 4.69) is 0 Å². The molecule has 2 N–H and O–H groups in total. The fourth-order valence-corrected chi connectivity index (χ4v) is 2.30. The number of nitrogens with two attached hydrogens (primary N) is 1. The van der Waals surface area contributed by atoms with Gasteiger partial charge in [0.1, 0.15) is 5.82 Å². The maximum Gasteiger partial charge on any atom is 0.253 e. The molecule has 0 radical (unpaired) electrons. The highest BCUT2D eigenvalue weighted by Crippen LogP contribution is 2.20. The molecule has 1 fully saturated rings. The zero-order valence-electron chi connectivity index (χ0n) is 10.4. The molecule has 0 unspecified atom stereocenters. The Bertz CT molecular complexity index is 448. The van der Waals surface area contributed by atoms with E-state index in [1.807, 2.05) is 0 Å². The highest BCUT2D eigenvalue weighted by molar-refractivity contribution is 6.30. The first kappa shape index (κ1) is 16.2. The average Bonchev–Trinajstić information content (AvgIpc) is 2.41. The molecule has 0 aliphatic carbocycles. The van der Waals surface area contributed by atoms with Crippen LogP contribution in [0.1, 0.15) is 23.2 Å². The number of halogens is 3. The van der Waals surface area contributed by atoms with Crippen LogP contribution in [0.3, 0.4) is 0 Å². The van der Waals surface area contributed by atoms with Crippen LogP contribution in [0.2, 0.25) is 5.02 Å². The predicted octanol–water partition coefficient (Wildman–Crippen LogP) is 2.71. The number of hydrogen-bond donors (Lipinski definition) is 1. The number of amides is 1. The summed E-state index contributed by atoms with van der Waals surface area (Å²) in [6, 6.07) is 4.17. The molecule has 3 nitrogen and oxygen atoms in total. The number of rotatable bonds is 2. The fourth-order valence-electron chi connectivity index (χ4n) is 2.18. The molecule has 1 amide bonds. The van der Waals surface area contributed by atoms with Crippen LogP contribution >= 0.6 is 24.0 Å². The lowest BCUT2D eigenvalue weighted by Gasteiger charge is -2.31. The topological polar surface area (TPSA) is 46.3 Å². The average molecular weight is 307 g/mol. The van der Waals surface area contributed by atoms with Gasteiger partial charge in [-0.05, 0) is 43.5 Å². The molecule has 0 spiro atoms. The summed E-state index contributed by atoms with van der Waals surface area (Å²) in [5.41, 5.74) is 5.95. The van der Waals surface area contributed by atoms with Crippen LogP contribution in [-0.2, 0) is 0 Å². The first-order valence-electron chi connectivity index (χ1n) is 6.06. The van der Waals surface area contributed by atoms with Crippen molar-refractivity contribution in [3.05, 3.63) is 34.6 Å². The third-order valence-electron chi connectivity index (χ3n) is 3.40. The SMILES string of the molecule is Cl.NCC1CCN(C(=O)c2ccc(Cl)c(F)c2)CC1. The highest BCUT2D eigenvalue weighted by atomic mass is 35.5. The summed E-state index contributed by atoms with van der Waals surface area (Å²) in [6.07, 6.45) is 1.83. The van der Waals surface area contributed by atoms with Crippen molar-refractivity contribution in [1.29, 1.82) is 0 Å². The molecule has 2 rings (SSSR count). The first-order valence-corrected chi connectivity index (χ1v) is 6.44. The van der Waals surface area contributed by atoms with E-state index in [1.165, 1.54) is 12.1 Å². The van der Waals surface area contributed by atoms with E-state index in [9.17, 15) is 9.18 Å². The Morgan fingerprint density at radius 2 is 2.05 bits per heavy atom. The maximum atomic E-state index is 13.3. The molecule has 1 heterocycles. The Kier molecular flexibility index (Phi) is 6.04. The van der Waals surface area contributed by atoms with Crippen molar-refractivity contribution in [2.75, 3.05) is 19.6 Å². The molecular formula is C13H17Cl2FN2O. The van der Waals surface area contributed by atoms with Gasteiger partial charge in [-0.25, -0.2) is 4.39 Å². The molecule has 0 saturated carbocycles. The normalized spacial score (nSPS) is 16.1. The molecule has 0 aromatic heterocycles. The van der Waals surface area contributed by atoms with E-state index in [4.69, 9.17) is 17.3 Å². The molecular weight excluding hydrogens is 290 g/mol. The predicted molar refractivity (Wildman–Crippen MR) is 76.3 cm³/mol. The monoisotopic (exact) mass is 306 g/mol. The van der Waals surface area contributed by atoms with Crippen LogP contribution in [-0.4, -0.2) is 30.4 Å². The van der Waals surface area contributed by atoms with Gasteiger partial charge in [-0.2, -0.15) is 0 Å². The fraction of sp³-hybridized carbons (Fsp3) is 0.462. The van der Waals surface area contributed by atoms with Crippen LogP contribution in [0.25, 0.3) is 0 Å². The molecule has 1 aliphatic rings. The van der Waals surface area contributed by atoms with Gasteiger partial charge in [0.05, 0.1) is 5.02 Å². The molecule has 0 bridgehead atoms. The summed E-state index contributed by atoms with van der Waals surface area (Å²) < 4.78 is 13.3. The number of likely N-dealkylation sites (tertiary alicyclic amines) is 1. The van der Waals surface area contributed by atoms with E-state index in [0.717, 1.165) is 12.8 Å². The van der Waals surface area contributed by atoms with Gasteiger partial charge in [-0.3, -0.25) is 4.79 Å². The van der Waals surface area contributed by atoms with Gasteiger partial charge in [0.2, 0.25) is 0 Å². The lowest BCUT2D eigenvalue weighted by molar-refractivity contribution is 0.0693. The van der Waals surface area contributed by atoms with Crippen molar-refractivity contribution in [3.8, 4) is 0 Å². The summed E-state index contributed by atoms with van der Waals surface area (Å²) in [6.45, 7) is 2.04. The van der Waals surface area contributed by atoms with Crippen molar-refractivity contribution in [2.24, 2.45) is 11.7 Å². The van der Waals surface area contributed by atoms with E-state index in [1.54, 1.807) is 11.0 Å². The number of nitrogens with zero attached hydrogens (tertiary/aromatic N) is 1. The Hall–Kier alpha value is -0.840. The minimum absolute atomic E-state index is 0. The second-order valence-electron chi connectivity index (χ2n) is 4.60. The molecule has 1 aliphatic heterocycles. The number of benzene rings is 1. The zero-order valence-corrected chi connectivity index (χ0v) is 12.0. The van der Waals surface area contributed by atoms with Gasteiger partial charge in [0, 0.05) is 18.7 Å². The minimum atomic E-state index is -0.556. The number of carbonyl (C=O) groups is 1. The molecule has 1 aromatic carbocycles. The van der Waals surface area contributed by atoms with Gasteiger partial charge in [0.15, 0.2) is 0 Å². The number of hydrogen-bond acceptors (Lipinski definition) is 2. The van der Waals surface area contributed by atoms with E-state index in [0.29, 0.717) is 31.1 Å². The number of carbonyl (C=O) groups excluding carboxylic acids is 1. The van der Waals surface area contributed by atoms with Gasteiger partial charge in [0.25, 0.3) is 5.91 Å². The smallest absolute Gasteiger partial charge is 0.253 e. The Morgan fingerprint density at radius 3 is 2.58 bits per heavy atom. The van der Waals surface area contributed by atoms with Crippen LogP contribution in [0.4, 0.5) is 4.39 Å². The lowest BCUT2D eigenvalue weighted by Crippen LogP contribution is -2.40. The van der Waals surface area contributed by atoms with Crippen LogP contribution in [0.5, 0.6) is 0 Å². The van der Waals surface area contributed by atoms with Crippen molar-refractivity contribution < 1.29 is 9.18 Å². The Balaban J connectivity index is 0.00000180. The summed E-state index contributed by atoms with van der Waals surface area (Å²) in [5.74, 6) is -0.198. The van der Waals surface area contributed by atoms with Crippen molar-refractivity contribution >= 4 is 29.9 Å². The standard InChI is InChI=1S/C13H16ClFN2O.ClH/c14-11-2-1-10(7-12(11)15)13(18)17-5-3-9(8-16)4-6-17;/h1-2,7,9H,3-6,8,16H2;1H. The van der Waals surface area contributed by atoms with Crippen LogP contribution in [0.15, 0.2) is 18.2 Å². The quantitative estimate of drug-likeness (QED) is 0.913. The summed E-state index contributed by atoms with van der Waals surface area (Å²) in [4.78, 5) is 13.9.